The Morgan fingerprint density at radius 2 is 1.77 bits per heavy atom. The van der Waals surface area contributed by atoms with E-state index in [0.29, 0.717) is 26.2 Å². The van der Waals surface area contributed by atoms with Crippen molar-refractivity contribution < 1.29 is 16.8 Å². The molecule has 0 spiro atoms. The Morgan fingerprint density at radius 1 is 1.14 bits per heavy atom. The molecule has 2 rings (SSSR count). The van der Waals surface area contributed by atoms with Crippen molar-refractivity contribution in [3.05, 3.63) is 17.0 Å². The number of hydrogen-bond donors (Lipinski definition) is 1. The van der Waals surface area contributed by atoms with Crippen LogP contribution in [0.4, 0.5) is 0 Å². The predicted octanol–water partition coefficient (Wildman–Crippen LogP) is -0.0880. The summed E-state index contributed by atoms with van der Waals surface area (Å²) in [5.74, 6) is -0.222. The van der Waals surface area contributed by atoms with E-state index in [1.54, 1.807) is 6.07 Å². The number of sulfonamides is 2. The van der Waals surface area contributed by atoms with Crippen LogP contribution < -0.4 is 4.72 Å². The maximum absolute atomic E-state index is 12.2. The molecule has 22 heavy (non-hydrogen) atoms. The number of piperazine rings is 1. The summed E-state index contributed by atoms with van der Waals surface area (Å²) in [6, 6.07) is 3.25. The minimum Gasteiger partial charge on any atom is -0.304 e. The van der Waals surface area contributed by atoms with Crippen molar-refractivity contribution in [3.8, 4) is 0 Å². The van der Waals surface area contributed by atoms with E-state index in [4.69, 9.17) is 0 Å². The minimum atomic E-state index is -3.62. The second-order valence-electron chi connectivity index (χ2n) is 5.28. The molecule has 0 aromatic carbocycles. The predicted molar refractivity (Wildman–Crippen MR) is 87.1 cm³/mol. The summed E-state index contributed by atoms with van der Waals surface area (Å²) in [6.07, 6.45) is 0. The third-order valence-corrected chi connectivity index (χ3v) is 8.31. The largest absolute Gasteiger partial charge is 0.304 e. The van der Waals surface area contributed by atoms with Crippen molar-refractivity contribution in [2.75, 3.05) is 45.5 Å². The van der Waals surface area contributed by atoms with Crippen LogP contribution in [0.25, 0.3) is 0 Å². The summed E-state index contributed by atoms with van der Waals surface area (Å²) < 4.78 is 52.5. The van der Waals surface area contributed by atoms with Crippen LogP contribution in [0.3, 0.4) is 0 Å². The molecule has 10 heteroatoms. The Bertz CT molecular complexity index is 704. The lowest BCUT2D eigenvalue weighted by atomic mass is 10.4. The van der Waals surface area contributed by atoms with Crippen molar-refractivity contribution in [1.29, 1.82) is 0 Å². The molecule has 0 saturated carbocycles. The Kier molecular flexibility index (Phi) is 5.62. The van der Waals surface area contributed by atoms with E-state index >= 15 is 0 Å². The lowest BCUT2D eigenvalue weighted by molar-refractivity contribution is 0.222. The third-order valence-electron chi connectivity index (χ3n) is 3.49. The Morgan fingerprint density at radius 3 is 2.32 bits per heavy atom. The van der Waals surface area contributed by atoms with E-state index in [1.165, 1.54) is 21.7 Å². The van der Waals surface area contributed by atoms with Gasteiger partial charge in [0.15, 0.2) is 0 Å². The first-order chi connectivity index (χ1) is 10.2. The van der Waals surface area contributed by atoms with Crippen LogP contribution in [0.1, 0.15) is 4.88 Å². The highest BCUT2D eigenvalue weighted by atomic mass is 32.2. The average molecular weight is 368 g/mol. The lowest BCUT2D eigenvalue weighted by Crippen LogP contribution is -2.48. The van der Waals surface area contributed by atoms with Crippen molar-refractivity contribution in [2.45, 2.75) is 11.1 Å². The van der Waals surface area contributed by atoms with Crippen LogP contribution in [0.5, 0.6) is 0 Å². The fourth-order valence-electron chi connectivity index (χ4n) is 2.13. The zero-order chi connectivity index (χ0) is 16.4. The van der Waals surface area contributed by atoms with Gasteiger partial charge < -0.3 is 4.90 Å². The fourth-order valence-corrected chi connectivity index (χ4v) is 5.95. The zero-order valence-electron chi connectivity index (χ0n) is 12.6. The molecular weight excluding hydrogens is 346 g/mol. The third kappa shape index (κ3) is 4.49. The fraction of sp³-hybridized carbons (Fsp3) is 0.667. The van der Waals surface area contributed by atoms with Gasteiger partial charge in [0.25, 0.3) is 0 Å². The quantitative estimate of drug-likeness (QED) is 0.759. The lowest BCUT2D eigenvalue weighted by Gasteiger charge is -2.31. The van der Waals surface area contributed by atoms with Crippen molar-refractivity contribution in [1.82, 2.24) is 13.9 Å². The van der Waals surface area contributed by atoms with E-state index in [2.05, 4.69) is 9.62 Å². The van der Waals surface area contributed by atoms with Gasteiger partial charge in [-0.15, -0.1) is 11.3 Å². The summed E-state index contributed by atoms with van der Waals surface area (Å²) in [5, 5.41) is 0. The first-order valence-electron chi connectivity index (χ1n) is 6.93. The highest BCUT2D eigenvalue weighted by Gasteiger charge is 2.26. The van der Waals surface area contributed by atoms with Crippen LogP contribution in [-0.4, -0.2) is 71.6 Å². The highest BCUT2D eigenvalue weighted by molar-refractivity contribution is 7.91. The second-order valence-corrected chi connectivity index (χ2v) is 10.7. The van der Waals surface area contributed by atoms with Crippen molar-refractivity contribution in [3.63, 3.8) is 0 Å². The molecule has 7 nitrogen and oxygen atoms in total. The molecule has 0 aliphatic carbocycles. The number of likely N-dealkylation sites (N-methyl/N-ethyl adjacent to an activating group) is 1. The highest BCUT2D eigenvalue weighted by Crippen LogP contribution is 2.20. The Hall–Kier alpha value is -0.520. The van der Waals surface area contributed by atoms with E-state index in [1.807, 2.05) is 14.0 Å². The second kappa shape index (κ2) is 6.93. The van der Waals surface area contributed by atoms with Crippen LogP contribution in [-0.2, 0) is 20.0 Å². The Balaban J connectivity index is 1.90. The molecule has 0 unspecified atom stereocenters. The molecule has 1 aromatic heterocycles. The van der Waals surface area contributed by atoms with Crippen LogP contribution in [0.2, 0.25) is 0 Å². The molecule has 0 bridgehead atoms. The maximum Gasteiger partial charge on any atom is 0.250 e. The normalized spacial score (nSPS) is 18.6. The number of rotatable bonds is 6. The molecule has 1 N–H and O–H groups in total. The summed E-state index contributed by atoms with van der Waals surface area (Å²) in [7, 11) is -5.10. The van der Waals surface area contributed by atoms with Crippen LogP contribution in [0, 0.1) is 6.92 Å². The number of hydrogen-bond acceptors (Lipinski definition) is 6. The van der Waals surface area contributed by atoms with Gasteiger partial charge in [0.1, 0.15) is 4.21 Å². The molecule has 2 heterocycles. The molecule has 0 radical (unpaired) electrons. The van der Waals surface area contributed by atoms with E-state index in [-0.39, 0.29) is 16.5 Å². The van der Waals surface area contributed by atoms with Crippen LogP contribution >= 0.6 is 11.3 Å². The molecule has 1 aliphatic heterocycles. The van der Waals surface area contributed by atoms with E-state index in [0.717, 1.165) is 4.88 Å². The molecular formula is C12H21N3O4S3. The molecule has 0 atom stereocenters. The van der Waals surface area contributed by atoms with Gasteiger partial charge in [-0.3, -0.25) is 0 Å². The number of thiophene rings is 1. The van der Waals surface area contributed by atoms with Gasteiger partial charge in [0.05, 0.1) is 5.75 Å². The molecule has 126 valence electrons. The summed E-state index contributed by atoms with van der Waals surface area (Å²) in [6.45, 7) is 4.00. The first kappa shape index (κ1) is 17.8. The monoisotopic (exact) mass is 367 g/mol. The maximum atomic E-state index is 12.2. The van der Waals surface area contributed by atoms with Gasteiger partial charge in [-0.25, -0.2) is 21.6 Å². The summed E-state index contributed by atoms with van der Waals surface area (Å²) in [5.41, 5.74) is 0. The first-order valence-corrected chi connectivity index (χ1v) is 10.8. The number of aryl methyl sites for hydroxylation is 1. The van der Waals surface area contributed by atoms with Crippen LogP contribution in [0.15, 0.2) is 16.3 Å². The topological polar surface area (TPSA) is 86.8 Å². The smallest absolute Gasteiger partial charge is 0.250 e. The van der Waals surface area contributed by atoms with Gasteiger partial charge >= 0.3 is 0 Å². The minimum absolute atomic E-state index is 0.117. The van der Waals surface area contributed by atoms with E-state index in [9.17, 15) is 16.8 Å². The van der Waals surface area contributed by atoms with Gasteiger partial charge in [-0.2, -0.15) is 4.31 Å². The molecule has 0 amide bonds. The Labute approximate surface area is 136 Å². The number of nitrogens with zero attached hydrogens (tertiary/aromatic N) is 2. The van der Waals surface area contributed by atoms with Gasteiger partial charge in [-0.05, 0) is 26.1 Å². The van der Waals surface area contributed by atoms with Gasteiger partial charge in [0, 0.05) is 37.6 Å². The standard InChI is InChI=1S/C12H21N3O4S3/c1-11-3-4-12(20-11)22(18,19)13-5-10-21(16,17)15-8-6-14(2)7-9-15/h3-4,13H,5-10H2,1-2H3. The molecule has 1 fully saturated rings. The molecule has 1 aromatic rings. The number of nitrogens with one attached hydrogen (secondary N) is 1. The summed E-state index contributed by atoms with van der Waals surface area (Å²) >= 11 is 1.17. The molecule has 1 aliphatic rings. The zero-order valence-corrected chi connectivity index (χ0v) is 15.1. The van der Waals surface area contributed by atoms with Gasteiger partial charge in [0.2, 0.25) is 20.0 Å². The SMILES string of the molecule is Cc1ccc(S(=O)(=O)NCCS(=O)(=O)N2CCN(C)CC2)s1. The van der Waals surface area contributed by atoms with Crippen molar-refractivity contribution >= 4 is 31.4 Å². The summed E-state index contributed by atoms with van der Waals surface area (Å²) in [4.78, 5) is 2.96. The molecule has 1 saturated heterocycles. The average Bonchev–Trinajstić information content (AvgIpc) is 2.86. The van der Waals surface area contributed by atoms with Gasteiger partial charge in [-0.1, -0.05) is 0 Å². The van der Waals surface area contributed by atoms with E-state index < -0.39 is 20.0 Å². The van der Waals surface area contributed by atoms with Crippen molar-refractivity contribution in [2.24, 2.45) is 0 Å².